The maximum Gasteiger partial charge on any atom is 0.328 e. The van der Waals surface area contributed by atoms with Crippen LogP contribution in [0.2, 0.25) is 0 Å². The molecule has 1 spiro atoms. The number of carbonyl (C=O) groups is 4. The van der Waals surface area contributed by atoms with Crippen molar-refractivity contribution in [2.75, 3.05) is 4.90 Å². The molecule has 4 N–H and O–H groups in total. The van der Waals surface area contributed by atoms with Gasteiger partial charge in [-0.15, -0.1) is 0 Å². The number of benzene rings is 1. The Labute approximate surface area is 174 Å². The molecule has 162 valence electrons. The molecule has 2 aromatic rings. The lowest BCUT2D eigenvalue weighted by atomic mass is 9.66. The molecule has 11 nitrogen and oxygen atoms in total. The van der Waals surface area contributed by atoms with E-state index in [0.29, 0.717) is 11.3 Å². The Bertz CT molecular complexity index is 1160. The van der Waals surface area contributed by atoms with Gasteiger partial charge in [0.25, 0.3) is 5.91 Å². The minimum atomic E-state index is -1.84. The number of imide groups is 2. The first kappa shape index (κ1) is 19.4. The summed E-state index contributed by atoms with van der Waals surface area (Å²) in [7, 11) is 0. The summed E-state index contributed by atoms with van der Waals surface area (Å²) in [5.41, 5.74) is 4.36. The van der Waals surface area contributed by atoms with Gasteiger partial charge in [0.15, 0.2) is 23.0 Å². The monoisotopic (exact) mass is 431 g/mol. The van der Waals surface area contributed by atoms with Crippen molar-refractivity contribution in [2.24, 2.45) is 11.1 Å². The summed E-state index contributed by atoms with van der Waals surface area (Å²) < 4.78 is 26.4. The average Bonchev–Trinajstić information content (AvgIpc) is 3.10. The van der Waals surface area contributed by atoms with Crippen LogP contribution >= 0.6 is 0 Å². The molecule has 0 bridgehead atoms. The predicted molar refractivity (Wildman–Crippen MR) is 102 cm³/mol. The van der Waals surface area contributed by atoms with Crippen LogP contribution in [-0.2, 0) is 20.7 Å². The Hall–Kier alpha value is -3.54. The molecule has 4 atom stereocenters. The molecule has 4 unspecified atom stereocenters. The number of nitrogens with one attached hydrogen (secondary N) is 2. The van der Waals surface area contributed by atoms with Crippen LogP contribution in [0.25, 0.3) is 11.0 Å². The third-order valence-corrected chi connectivity index (χ3v) is 6.25. The zero-order valence-electron chi connectivity index (χ0n) is 16.5. The van der Waals surface area contributed by atoms with Crippen molar-refractivity contribution in [3.63, 3.8) is 0 Å². The lowest BCUT2D eigenvalue weighted by molar-refractivity contribution is -0.159. The standard InChI is InChI=1S/C19H18FN5O6/c1-6-13-19(16(27)22-18(29)23-17(19)28)5-8-3-9-11(31-24-12(9)15(21)26)4-10(8)25(13)14(20)7(2)30-6/h3-4,6-7,13-14H,5H2,1-2H3,(H2,21,26)(H2,22,23,27,28,29). The summed E-state index contributed by atoms with van der Waals surface area (Å²) >= 11 is 0. The molecule has 3 aliphatic rings. The summed E-state index contributed by atoms with van der Waals surface area (Å²) in [4.78, 5) is 50.9. The van der Waals surface area contributed by atoms with Crippen LogP contribution in [0.4, 0.5) is 14.9 Å². The number of morpholine rings is 1. The van der Waals surface area contributed by atoms with Gasteiger partial charge in [-0.1, -0.05) is 5.16 Å². The molecule has 2 fully saturated rings. The molecular weight excluding hydrogens is 413 g/mol. The highest BCUT2D eigenvalue weighted by atomic mass is 19.1. The fourth-order valence-corrected chi connectivity index (χ4v) is 4.98. The smallest absolute Gasteiger partial charge is 0.328 e. The third kappa shape index (κ3) is 2.45. The summed E-state index contributed by atoms with van der Waals surface area (Å²) in [6, 6.07) is 1.02. The lowest BCUT2D eigenvalue weighted by Gasteiger charge is -2.56. The van der Waals surface area contributed by atoms with Crippen LogP contribution in [0.5, 0.6) is 0 Å². The number of hydrogen-bond donors (Lipinski definition) is 3. The fourth-order valence-electron chi connectivity index (χ4n) is 4.98. The molecule has 1 aromatic carbocycles. The van der Waals surface area contributed by atoms with E-state index in [-0.39, 0.29) is 23.1 Å². The largest absolute Gasteiger partial charge is 0.368 e. The molecule has 5 rings (SSSR count). The van der Waals surface area contributed by atoms with Gasteiger partial charge in [0.2, 0.25) is 11.8 Å². The molecule has 12 heteroatoms. The van der Waals surface area contributed by atoms with Crippen molar-refractivity contribution in [1.29, 1.82) is 0 Å². The Morgan fingerprint density at radius 1 is 1.23 bits per heavy atom. The number of hydrogen-bond acceptors (Lipinski definition) is 8. The van der Waals surface area contributed by atoms with Crippen LogP contribution < -0.4 is 21.3 Å². The number of halogens is 1. The number of amides is 5. The Morgan fingerprint density at radius 2 is 1.90 bits per heavy atom. The van der Waals surface area contributed by atoms with Crippen LogP contribution in [0.3, 0.4) is 0 Å². The van der Waals surface area contributed by atoms with Crippen molar-refractivity contribution in [3.05, 3.63) is 23.4 Å². The molecule has 1 aromatic heterocycles. The highest BCUT2D eigenvalue weighted by Gasteiger charge is 2.64. The zero-order chi connectivity index (χ0) is 22.2. The van der Waals surface area contributed by atoms with Crippen LogP contribution in [0.15, 0.2) is 16.7 Å². The van der Waals surface area contributed by atoms with Crippen molar-refractivity contribution < 1.29 is 32.8 Å². The van der Waals surface area contributed by atoms with E-state index in [1.54, 1.807) is 13.8 Å². The number of primary amides is 1. The van der Waals surface area contributed by atoms with E-state index in [1.807, 2.05) is 0 Å². The normalized spacial score (nSPS) is 29.4. The summed E-state index contributed by atoms with van der Waals surface area (Å²) in [5, 5.41) is 8.19. The number of carbonyl (C=O) groups excluding carboxylic acids is 4. The molecule has 0 saturated carbocycles. The number of ether oxygens (including phenoxy) is 1. The molecule has 4 heterocycles. The van der Waals surface area contributed by atoms with E-state index < -0.39 is 53.7 Å². The first-order chi connectivity index (χ1) is 14.6. The molecular formula is C19H18FN5O6. The molecule has 3 aliphatic heterocycles. The number of fused-ring (bicyclic) bond motifs is 5. The number of rotatable bonds is 1. The third-order valence-electron chi connectivity index (χ3n) is 6.25. The van der Waals surface area contributed by atoms with E-state index >= 15 is 4.39 Å². The molecule has 0 radical (unpaired) electrons. The molecule has 5 amide bonds. The minimum Gasteiger partial charge on any atom is -0.368 e. The summed E-state index contributed by atoms with van der Waals surface area (Å²) in [6.45, 7) is 3.18. The number of nitrogens with zero attached hydrogens (tertiary/aromatic N) is 2. The van der Waals surface area contributed by atoms with Gasteiger partial charge in [-0.2, -0.15) is 0 Å². The summed E-state index contributed by atoms with van der Waals surface area (Å²) in [6.07, 6.45) is -3.46. The number of alkyl halides is 1. The summed E-state index contributed by atoms with van der Waals surface area (Å²) in [5.74, 6) is -2.52. The number of barbiturate groups is 1. The zero-order valence-corrected chi connectivity index (χ0v) is 16.5. The second kappa shape index (κ2) is 6.23. The highest BCUT2D eigenvalue weighted by molar-refractivity contribution is 6.20. The van der Waals surface area contributed by atoms with E-state index in [1.165, 1.54) is 17.0 Å². The number of aromatic nitrogens is 1. The van der Waals surface area contributed by atoms with Gasteiger partial charge in [-0.05, 0) is 31.9 Å². The Morgan fingerprint density at radius 3 is 2.55 bits per heavy atom. The van der Waals surface area contributed by atoms with Gasteiger partial charge < -0.3 is 19.9 Å². The van der Waals surface area contributed by atoms with Crippen molar-refractivity contribution in [3.8, 4) is 0 Å². The maximum atomic E-state index is 15.5. The second-order valence-electron chi connectivity index (χ2n) is 8.03. The number of nitrogens with two attached hydrogens (primary N) is 1. The first-order valence-corrected chi connectivity index (χ1v) is 9.62. The SMILES string of the molecule is CC1OC(C)C2N(c3cc4onc(C(N)=O)c4cc3CC23C(=O)NC(=O)NC3=O)C1F. The fraction of sp³-hybridized carbons (Fsp3) is 0.421. The van der Waals surface area contributed by atoms with E-state index in [9.17, 15) is 19.2 Å². The number of urea groups is 1. The van der Waals surface area contributed by atoms with E-state index in [0.717, 1.165) is 0 Å². The van der Waals surface area contributed by atoms with E-state index in [4.69, 9.17) is 15.0 Å². The Kier molecular flexibility index (Phi) is 3.91. The average molecular weight is 431 g/mol. The van der Waals surface area contributed by atoms with Gasteiger partial charge in [-0.25, -0.2) is 9.18 Å². The Balaban J connectivity index is 1.78. The van der Waals surface area contributed by atoms with Crippen molar-refractivity contribution >= 4 is 40.4 Å². The maximum absolute atomic E-state index is 15.5. The van der Waals surface area contributed by atoms with Crippen molar-refractivity contribution in [2.45, 2.75) is 44.8 Å². The topological polar surface area (TPSA) is 157 Å². The highest BCUT2D eigenvalue weighted by Crippen LogP contribution is 2.49. The van der Waals surface area contributed by atoms with Crippen LogP contribution in [-0.4, -0.2) is 53.5 Å². The quantitative estimate of drug-likeness (QED) is 0.424. The lowest BCUT2D eigenvalue weighted by Crippen LogP contribution is -2.76. The van der Waals surface area contributed by atoms with Crippen molar-refractivity contribution in [1.82, 2.24) is 15.8 Å². The van der Waals surface area contributed by atoms with Crippen LogP contribution in [0.1, 0.15) is 29.9 Å². The predicted octanol–water partition coefficient (Wildman–Crippen LogP) is 0.113. The second-order valence-corrected chi connectivity index (χ2v) is 8.03. The van der Waals surface area contributed by atoms with Gasteiger partial charge in [0, 0.05) is 11.8 Å². The first-order valence-electron chi connectivity index (χ1n) is 9.62. The van der Waals surface area contributed by atoms with Gasteiger partial charge in [-0.3, -0.25) is 25.0 Å². The van der Waals surface area contributed by atoms with Gasteiger partial charge in [0.05, 0.1) is 17.5 Å². The minimum absolute atomic E-state index is 0.123. The van der Waals surface area contributed by atoms with Gasteiger partial charge >= 0.3 is 6.03 Å². The van der Waals surface area contributed by atoms with Crippen LogP contribution in [0, 0.1) is 5.41 Å². The molecule has 0 aliphatic carbocycles. The molecule has 31 heavy (non-hydrogen) atoms. The molecule has 2 saturated heterocycles. The van der Waals surface area contributed by atoms with Gasteiger partial charge in [0.1, 0.15) is 6.10 Å². The van der Waals surface area contributed by atoms with E-state index in [2.05, 4.69) is 15.8 Å². The number of anilines is 1.